The number of urea groups is 1. The molecule has 1 saturated heterocycles. The minimum absolute atomic E-state index is 0.0625. The average molecular weight is 628 g/mol. The fourth-order valence-electron chi connectivity index (χ4n) is 3.90. The Bertz CT molecular complexity index is 1440. The van der Waals surface area contributed by atoms with Crippen molar-refractivity contribution in [3.05, 3.63) is 92.4 Å². The lowest BCUT2D eigenvalue weighted by atomic mass is 10.1. The summed E-state index contributed by atoms with van der Waals surface area (Å²) in [6.07, 6.45) is 2.24. The zero-order valence-corrected chi connectivity index (χ0v) is 24.4. The molecule has 1 N–H and O–H groups in total. The summed E-state index contributed by atoms with van der Waals surface area (Å²) in [5, 5.41) is 2.56. The number of nitrogens with one attached hydrogen (secondary N) is 1. The van der Waals surface area contributed by atoms with Crippen molar-refractivity contribution in [3.63, 3.8) is 0 Å². The fraction of sp³-hybridized carbons (Fsp3) is 0.233. The number of rotatable bonds is 11. The second-order valence-electron chi connectivity index (χ2n) is 8.88. The number of hydrogen-bond donors (Lipinski definition) is 1. The minimum Gasteiger partial charge on any atom is -0.490 e. The first-order valence-corrected chi connectivity index (χ1v) is 13.9. The first-order valence-electron chi connectivity index (χ1n) is 12.7. The second-order valence-corrected chi connectivity index (χ2v) is 10.2. The normalized spacial score (nSPS) is 14.3. The smallest absolute Gasteiger partial charge is 0.331 e. The van der Waals surface area contributed by atoms with Crippen molar-refractivity contribution in [2.24, 2.45) is 0 Å². The summed E-state index contributed by atoms with van der Waals surface area (Å²) in [6, 6.07) is 17.1. The van der Waals surface area contributed by atoms with Gasteiger partial charge in [0.05, 0.1) is 24.8 Å². The van der Waals surface area contributed by atoms with Crippen molar-refractivity contribution in [2.45, 2.75) is 33.4 Å². The number of halogens is 2. The van der Waals surface area contributed by atoms with Gasteiger partial charge < -0.3 is 14.2 Å². The van der Waals surface area contributed by atoms with Crippen LogP contribution in [-0.2, 0) is 22.7 Å². The van der Waals surface area contributed by atoms with Gasteiger partial charge in [-0.2, -0.15) is 0 Å². The lowest BCUT2D eigenvalue weighted by molar-refractivity contribution is -0.130. The van der Waals surface area contributed by atoms with Gasteiger partial charge >= 0.3 is 6.03 Å². The Hall–Kier alpha value is -3.82. The van der Waals surface area contributed by atoms with E-state index in [2.05, 4.69) is 21.2 Å². The molecule has 0 unspecified atom stereocenters. The van der Waals surface area contributed by atoms with E-state index in [4.69, 9.17) is 25.8 Å². The van der Waals surface area contributed by atoms with Gasteiger partial charge in [-0.3, -0.25) is 19.8 Å². The predicted molar refractivity (Wildman–Crippen MR) is 155 cm³/mol. The van der Waals surface area contributed by atoms with E-state index >= 15 is 0 Å². The number of amides is 4. The summed E-state index contributed by atoms with van der Waals surface area (Å²) >= 11 is 9.82. The Morgan fingerprint density at radius 2 is 1.60 bits per heavy atom. The van der Waals surface area contributed by atoms with Gasteiger partial charge in [0.15, 0.2) is 11.5 Å². The number of carbonyl (C=O) groups excluding carboxylic acids is 3. The molecule has 0 bridgehead atoms. The molecule has 1 aliphatic rings. The maximum atomic E-state index is 13.3. The second kappa shape index (κ2) is 13.5. The fourth-order valence-corrected chi connectivity index (χ4v) is 4.41. The van der Waals surface area contributed by atoms with Gasteiger partial charge in [-0.25, -0.2) is 4.79 Å². The first kappa shape index (κ1) is 29.2. The highest BCUT2D eigenvalue weighted by Gasteiger charge is 2.35. The van der Waals surface area contributed by atoms with Crippen molar-refractivity contribution in [3.8, 4) is 17.2 Å². The van der Waals surface area contributed by atoms with Gasteiger partial charge in [0.1, 0.15) is 17.9 Å². The predicted octanol–water partition coefficient (Wildman–Crippen LogP) is 6.53. The van der Waals surface area contributed by atoms with E-state index in [0.29, 0.717) is 53.2 Å². The van der Waals surface area contributed by atoms with Crippen LogP contribution in [0.3, 0.4) is 0 Å². The summed E-state index contributed by atoms with van der Waals surface area (Å²) in [6.45, 7) is 5.07. The van der Waals surface area contributed by atoms with E-state index in [0.717, 1.165) is 21.4 Å². The molecular formula is C30H28BrClN2O6. The monoisotopic (exact) mass is 626 g/mol. The number of benzene rings is 3. The molecule has 3 aromatic rings. The molecule has 4 amide bonds. The minimum atomic E-state index is -0.800. The molecule has 0 saturated carbocycles. The molecule has 10 heteroatoms. The summed E-state index contributed by atoms with van der Waals surface area (Å²) in [5.74, 6) is 0.0569. The Labute approximate surface area is 246 Å². The third-order valence-electron chi connectivity index (χ3n) is 5.87. The number of barbiturate groups is 1. The Balaban J connectivity index is 1.50. The maximum absolute atomic E-state index is 13.3. The molecule has 3 aromatic carbocycles. The Morgan fingerprint density at radius 3 is 2.30 bits per heavy atom. The Kier molecular flexibility index (Phi) is 9.84. The van der Waals surface area contributed by atoms with Gasteiger partial charge in [-0.05, 0) is 72.5 Å². The first-order chi connectivity index (χ1) is 19.3. The van der Waals surface area contributed by atoms with E-state index < -0.39 is 17.8 Å². The molecule has 0 aromatic heterocycles. The molecule has 4 rings (SSSR count). The summed E-state index contributed by atoms with van der Waals surface area (Å²) in [5.41, 5.74) is 1.92. The molecular weight excluding hydrogens is 600 g/mol. The Morgan fingerprint density at radius 1 is 0.875 bits per heavy atom. The van der Waals surface area contributed by atoms with Crippen LogP contribution in [-0.4, -0.2) is 36.0 Å². The van der Waals surface area contributed by atoms with Crippen molar-refractivity contribution < 1.29 is 28.6 Å². The molecule has 1 fully saturated rings. The van der Waals surface area contributed by atoms with Crippen LogP contribution in [0, 0.1) is 0 Å². The molecule has 1 heterocycles. The van der Waals surface area contributed by atoms with Crippen molar-refractivity contribution in [1.82, 2.24) is 10.2 Å². The van der Waals surface area contributed by atoms with E-state index in [1.54, 1.807) is 36.4 Å². The molecule has 208 valence electrons. The summed E-state index contributed by atoms with van der Waals surface area (Å²) in [7, 11) is 0. The molecule has 0 aliphatic carbocycles. The highest BCUT2D eigenvalue weighted by Crippen LogP contribution is 2.31. The number of hydrogen-bond acceptors (Lipinski definition) is 6. The number of carbonyl (C=O) groups is 3. The van der Waals surface area contributed by atoms with Gasteiger partial charge in [0.25, 0.3) is 11.8 Å². The maximum Gasteiger partial charge on any atom is 0.331 e. The molecule has 0 atom stereocenters. The highest BCUT2D eigenvalue weighted by molar-refractivity contribution is 9.10. The number of ether oxygens (including phenoxy) is 3. The zero-order valence-electron chi connectivity index (χ0n) is 22.0. The van der Waals surface area contributed by atoms with Crippen LogP contribution in [0.5, 0.6) is 17.2 Å². The molecule has 8 nitrogen and oxygen atoms in total. The van der Waals surface area contributed by atoms with Crippen LogP contribution in [0.4, 0.5) is 4.79 Å². The molecule has 1 aliphatic heterocycles. The SMILES string of the molecule is CCCOc1ccc(CN2C(=O)NC(=O)/C(=C\c3ccc(OCc4ccc(Br)cc4)c(Cl)c3)C2=O)cc1OCC. The summed E-state index contributed by atoms with van der Waals surface area (Å²) < 4.78 is 18.2. The summed E-state index contributed by atoms with van der Waals surface area (Å²) in [4.78, 5) is 39.4. The zero-order chi connectivity index (χ0) is 28.6. The van der Waals surface area contributed by atoms with Crippen molar-refractivity contribution in [1.29, 1.82) is 0 Å². The van der Waals surface area contributed by atoms with Gasteiger partial charge in [0.2, 0.25) is 0 Å². The number of nitrogens with zero attached hydrogens (tertiary/aromatic N) is 1. The molecule has 0 spiro atoms. The third kappa shape index (κ3) is 7.22. The van der Waals surface area contributed by atoms with Crippen LogP contribution in [0.25, 0.3) is 6.08 Å². The number of imide groups is 2. The van der Waals surface area contributed by atoms with E-state index in [-0.39, 0.29) is 12.1 Å². The highest BCUT2D eigenvalue weighted by atomic mass is 79.9. The third-order valence-corrected chi connectivity index (χ3v) is 6.69. The quantitative estimate of drug-likeness (QED) is 0.192. The van der Waals surface area contributed by atoms with E-state index in [9.17, 15) is 14.4 Å². The standard InChI is InChI=1S/C30H28BrClN2O6/c1-3-13-39-26-12-8-21(16-27(26)38-4-2)17-34-29(36)23(28(35)33-30(34)37)14-20-7-11-25(24(32)15-20)40-18-19-5-9-22(31)10-6-19/h5-12,14-16H,3-4,13,17-18H2,1-2H3,(H,33,35,37)/b23-14+. The molecule has 40 heavy (non-hydrogen) atoms. The van der Waals surface area contributed by atoms with Crippen molar-refractivity contribution in [2.75, 3.05) is 13.2 Å². The van der Waals surface area contributed by atoms with Crippen LogP contribution in [0.1, 0.15) is 37.0 Å². The van der Waals surface area contributed by atoms with Gasteiger partial charge in [0, 0.05) is 4.47 Å². The molecule has 0 radical (unpaired) electrons. The largest absolute Gasteiger partial charge is 0.490 e. The van der Waals surface area contributed by atoms with Gasteiger partial charge in [-0.1, -0.05) is 58.7 Å². The van der Waals surface area contributed by atoms with Crippen LogP contribution < -0.4 is 19.5 Å². The lowest BCUT2D eigenvalue weighted by Crippen LogP contribution is -2.53. The van der Waals surface area contributed by atoms with Gasteiger partial charge in [-0.15, -0.1) is 0 Å². The lowest BCUT2D eigenvalue weighted by Gasteiger charge is -2.26. The topological polar surface area (TPSA) is 94.2 Å². The van der Waals surface area contributed by atoms with Crippen LogP contribution in [0.2, 0.25) is 5.02 Å². The van der Waals surface area contributed by atoms with Crippen LogP contribution >= 0.6 is 27.5 Å². The average Bonchev–Trinajstić information content (AvgIpc) is 2.93. The van der Waals surface area contributed by atoms with E-state index in [1.165, 1.54) is 6.08 Å². The van der Waals surface area contributed by atoms with Crippen molar-refractivity contribution >= 4 is 51.5 Å². The van der Waals surface area contributed by atoms with E-state index in [1.807, 2.05) is 38.1 Å². The van der Waals surface area contributed by atoms with Crippen LogP contribution in [0.15, 0.2) is 70.7 Å².